The molecular weight excluding hydrogens is 206 g/mol. The molecule has 1 aliphatic heterocycles. The molecule has 0 aromatic heterocycles. The van der Waals surface area contributed by atoms with E-state index in [-0.39, 0.29) is 24.5 Å². The lowest BCUT2D eigenvalue weighted by Crippen LogP contribution is -2.29. The highest BCUT2D eigenvalue weighted by molar-refractivity contribution is 5.85. The second-order valence-corrected chi connectivity index (χ2v) is 2.87. The molecule has 1 aliphatic rings. The number of nitrogens with one attached hydrogen (secondary N) is 1. The van der Waals surface area contributed by atoms with Crippen molar-refractivity contribution in [3.8, 4) is 0 Å². The van der Waals surface area contributed by atoms with Gasteiger partial charge < -0.3 is 10.1 Å². The smallest absolute Gasteiger partial charge is 0.302 e. The minimum Gasteiger partial charge on any atom is -0.466 e. The van der Waals surface area contributed by atoms with Crippen LogP contribution in [-0.4, -0.2) is 31.8 Å². The van der Waals surface area contributed by atoms with E-state index in [0.29, 0.717) is 6.61 Å². The Labute approximate surface area is 91.4 Å². The molecule has 0 saturated carbocycles. The topological polar surface area (TPSA) is 58.2 Å². The van der Waals surface area contributed by atoms with Crippen molar-refractivity contribution >= 4 is 18.4 Å². The van der Waals surface area contributed by atoms with Crippen LogP contribution in [0.3, 0.4) is 0 Å². The highest BCUT2D eigenvalue weighted by atomic mass is 35.5. The molecule has 4 nitrogen and oxygen atoms in total. The Kier molecular flexibility index (Phi) is 12.4. The Hall–Kier alpha value is -0.320. The van der Waals surface area contributed by atoms with Gasteiger partial charge in [-0.1, -0.05) is 0 Å². The standard InChI is InChI=1S/C5H10NO.C4H8O2.ClH/c7-5-1-3-6-4-2-5;1-3-6-4(2)5;/h5-6H,1-4H2;3H2,1-2H3;1H. The lowest BCUT2D eigenvalue weighted by molar-refractivity contribution is -0.140. The molecule has 1 radical (unpaired) electrons. The molecule has 0 amide bonds. The van der Waals surface area contributed by atoms with Crippen molar-refractivity contribution in [3.05, 3.63) is 0 Å². The molecular formula is C9H19ClNO3. The number of piperidine rings is 1. The van der Waals surface area contributed by atoms with Crippen LogP contribution in [0, 0.1) is 0 Å². The first-order valence-corrected chi connectivity index (χ1v) is 4.66. The summed E-state index contributed by atoms with van der Waals surface area (Å²) < 4.78 is 4.40. The van der Waals surface area contributed by atoms with Gasteiger partial charge in [0.2, 0.25) is 0 Å². The zero-order valence-electron chi connectivity index (χ0n) is 8.75. The molecule has 5 heteroatoms. The number of ether oxygens (including phenoxy) is 1. The first-order valence-electron chi connectivity index (χ1n) is 4.66. The highest BCUT2D eigenvalue weighted by Crippen LogP contribution is 2.00. The van der Waals surface area contributed by atoms with E-state index in [1.165, 1.54) is 6.92 Å². The SMILES string of the molecule is CCOC(C)=O.Cl.[O]C1CCNCC1. The average molecular weight is 225 g/mol. The van der Waals surface area contributed by atoms with Gasteiger partial charge in [0.05, 0.1) is 12.7 Å². The van der Waals surface area contributed by atoms with Gasteiger partial charge >= 0.3 is 5.97 Å². The number of hydrogen-bond donors (Lipinski definition) is 1. The van der Waals surface area contributed by atoms with Crippen LogP contribution in [0.4, 0.5) is 0 Å². The quantitative estimate of drug-likeness (QED) is 0.680. The van der Waals surface area contributed by atoms with Crippen molar-refractivity contribution in [3.63, 3.8) is 0 Å². The van der Waals surface area contributed by atoms with Gasteiger partial charge in [0.15, 0.2) is 0 Å². The van der Waals surface area contributed by atoms with Crippen LogP contribution in [0.1, 0.15) is 26.7 Å². The van der Waals surface area contributed by atoms with Crippen LogP contribution < -0.4 is 5.32 Å². The molecule has 0 aromatic carbocycles. The zero-order chi connectivity index (χ0) is 10.1. The van der Waals surface area contributed by atoms with E-state index >= 15 is 0 Å². The number of esters is 1. The molecule has 1 rings (SSSR count). The van der Waals surface area contributed by atoms with Crippen molar-refractivity contribution < 1.29 is 14.6 Å². The summed E-state index contributed by atoms with van der Waals surface area (Å²) in [5.74, 6) is -0.211. The van der Waals surface area contributed by atoms with Crippen LogP contribution in [0.2, 0.25) is 0 Å². The second-order valence-electron chi connectivity index (χ2n) is 2.87. The van der Waals surface area contributed by atoms with Crippen molar-refractivity contribution in [2.75, 3.05) is 19.7 Å². The van der Waals surface area contributed by atoms with Gasteiger partial charge in [-0.05, 0) is 32.9 Å². The maximum atomic E-state index is 10.5. The van der Waals surface area contributed by atoms with E-state index in [0.717, 1.165) is 25.9 Å². The maximum absolute atomic E-state index is 10.5. The van der Waals surface area contributed by atoms with Crippen LogP contribution in [0.15, 0.2) is 0 Å². The first-order chi connectivity index (χ1) is 6.16. The van der Waals surface area contributed by atoms with Crippen molar-refractivity contribution in [1.29, 1.82) is 0 Å². The average Bonchev–Trinajstić information content (AvgIpc) is 2.06. The van der Waals surface area contributed by atoms with Gasteiger partial charge in [0, 0.05) is 6.92 Å². The van der Waals surface area contributed by atoms with Gasteiger partial charge in [-0.15, -0.1) is 12.4 Å². The van der Waals surface area contributed by atoms with Gasteiger partial charge in [-0.2, -0.15) is 0 Å². The summed E-state index contributed by atoms with van der Waals surface area (Å²) in [6.07, 6.45) is 1.36. The monoisotopic (exact) mass is 224 g/mol. The Morgan fingerprint density at radius 3 is 2.07 bits per heavy atom. The fourth-order valence-electron chi connectivity index (χ4n) is 0.999. The highest BCUT2D eigenvalue weighted by Gasteiger charge is 2.08. The van der Waals surface area contributed by atoms with Crippen LogP contribution in [0.25, 0.3) is 0 Å². The molecule has 85 valence electrons. The second kappa shape index (κ2) is 10.8. The molecule has 0 unspecified atom stereocenters. The summed E-state index contributed by atoms with van der Waals surface area (Å²) in [6.45, 7) is 5.50. The van der Waals surface area contributed by atoms with E-state index in [1.807, 2.05) is 0 Å². The Bertz CT molecular complexity index is 138. The molecule has 0 atom stereocenters. The summed E-state index contributed by atoms with van der Waals surface area (Å²) in [6, 6.07) is 0. The fourth-order valence-corrected chi connectivity index (χ4v) is 0.999. The van der Waals surface area contributed by atoms with Crippen molar-refractivity contribution in [1.82, 2.24) is 5.32 Å². The fraction of sp³-hybridized carbons (Fsp3) is 0.889. The van der Waals surface area contributed by atoms with E-state index < -0.39 is 0 Å². The minimum atomic E-state index is -0.277. The van der Waals surface area contributed by atoms with Gasteiger partial charge in [-0.3, -0.25) is 4.79 Å². The minimum absolute atomic E-state index is 0. The molecule has 1 heterocycles. The first kappa shape index (κ1) is 16.1. The summed E-state index contributed by atoms with van der Waals surface area (Å²) in [7, 11) is 0. The number of hydrogen-bond acceptors (Lipinski definition) is 3. The van der Waals surface area contributed by atoms with Gasteiger partial charge in [-0.25, -0.2) is 5.11 Å². The molecule has 1 N–H and O–H groups in total. The van der Waals surface area contributed by atoms with Crippen molar-refractivity contribution in [2.24, 2.45) is 0 Å². The molecule has 1 saturated heterocycles. The zero-order valence-corrected chi connectivity index (χ0v) is 9.56. The lowest BCUT2D eigenvalue weighted by Gasteiger charge is -2.14. The number of halogens is 1. The molecule has 0 aromatic rings. The molecule has 14 heavy (non-hydrogen) atoms. The third-order valence-corrected chi connectivity index (χ3v) is 1.63. The maximum Gasteiger partial charge on any atom is 0.302 e. The molecule has 1 fully saturated rings. The number of carbonyl (C=O) groups excluding carboxylic acids is 1. The molecule has 0 aliphatic carbocycles. The Morgan fingerprint density at radius 1 is 1.43 bits per heavy atom. The largest absolute Gasteiger partial charge is 0.466 e. The third-order valence-electron chi connectivity index (χ3n) is 1.63. The Morgan fingerprint density at radius 2 is 1.93 bits per heavy atom. The number of rotatable bonds is 1. The lowest BCUT2D eigenvalue weighted by atomic mass is 10.1. The molecule has 0 bridgehead atoms. The third kappa shape index (κ3) is 11.7. The summed E-state index contributed by atoms with van der Waals surface area (Å²) in [5, 5.41) is 13.6. The van der Waals surface area contributed by atoms with Crippen LogP contribution in [-0.2, 0) is 14.6 Å². The summed E-state index contributed by atoms with van der Waals surface area (Å²) in [5.41, 5.74) is 0. The normalized spacial score (nSPS) is 15.9. The van der Waals surface area contributed by atoms with Gasteiger partial charge in [0.25, 0.3) is 0 Å². The van der Waals surface area contributed by atoms with Crippen LogP contribution in [0.5, 0.6) is 0 Å². The van der Waals surface area contributed by atoms with E-state index in [4.69, 9.17) is 0 Å². The predicted molar refractivity (Wildman–Crippen MR) is 56.1 cm³/mol. The van der Waals surface area contributed by atoms with Crippen molar-refractivity contribution in [2.45, 2.75) is 32.8 Å². The predicted octanol–water partition coefficient (Wildman–Crippen LogP) is 1.16. The summed E-state index contributed by atoms with van der Waals surface area (Å²) >= 11 is 0. The van der Waals surface area contributed by atoms with Gasteiger partial charge in [0.1, 0.15) is 0 Å². The van der Waals surface area contributed by atoms with E-state index in [2.05, 4.69) is 10.1 Å². The Balaban J connectivity index is 0. The molecule has 0 spiro atoms. The summed E-state index contributed by atoms with van der Waals surface area (Å²) in [4.78, 5) is 9.82. The van der Waals surface area contributed by atoms with E-state index in [9.17, 15) is 9.90 Å². The van der Waals surface area contributed by atoms with E-state index in [1.54, 1.807) is 6.92 Å². The van der Waals surface area contributed by atoms with Crippen LogP contribution >= 0.6 is 12.4 Å². The number of carbonyl (C=O) groups is 1.